The van der Waals surface area contributed by atoms with Gasteiger partial charge in [0.1, 0.15) is 23.3 Å². The molecule has 152 valence electrons. The van der Waals surface area contributed by atoms with Crippen molar-refractivity contribution in [2.24, 2.45) is 0 Å². The first-order valence-corrected chi connectivity index (χ1v) is 8.68. The maximum atomic E-state index is 12.6. The standard InChI is InChI=1S/C18H34N2O6/c1-11-19(14(22)25-17(5,6)7)20(15(23)26-18(8,9)10)12-13(21)24-16(2,3)4/h11-12H2,1-10H3. The molecule has 0 unspecified atom stereocenters. The van der Waals surface area contributed by atoms with Crippen molar-refractivity contribution in [2.45, 2.75) is 86.0 Å². The van der Waals surface area contributed by atoms with Crippen LogP contribution in [0.4, 0.5) is 9.59 Å². The monoisotopic (exact) mass is 374 g/mol. The first kappa shape index (κ1) is 24.0. The summed E-state index contributed by atoms with van der Waals surface area (Å²) in [4.78, 5) is 37.3. The molecule has 0 spiro atoms. The van der Waals surface area contributed by atoms with Gasteiger partial charge in [-0.3, -0.25) is 4.79 Å². The second-order valence-corrected chi connectivity index (χ2v) is 8.82. The smallest absolute Gasteiger partial charge is 0.430 e. The maximum absolute atomic E-state index is 12.6. The van der Waals surface area contributed by atoms with E-state index in [1.165, 1.54) is 0 Å². The van der Waals surface area contributed by atoms with Crippen molar-refractivity contribution in [2.75, 3.05) is 13.1 Å². The summed E-state index contributed by atoms with van der Waals surface area (Å²) in [6.45, 7) is 16.7. The zero-order valence-electron chi connectivity index (χ0n) is 17.8. The van der Waals surface area contributed by atoms with E-state index < -0.39 is 41.5 Å². The highest BCUT2D eigenvalue weighted by molar-refractivity contribution is 5.80. The van der Waals surface area contributed by atoms with Gasteiger partial charge in [-0.05, 0) is 69.2 Å². The molecule has 0 aromatic heterocycles. The molecule has 0 atom stereocenters. The van der Waals surface area contributed by atoms with Crippen LogP contribution in [0, 0.1) is 0 Å². The topological polar surface area (TPSA) is 85.4 Å². The third kappa shape index (κ3) is 10.1. The SMILES string of the molecule is CCN(C(=O)OC(C)(C)C)N(CC(=O)OC(C)(C)C)C(=O)OC(C)(C)C. The number of carbonyl (C=O) groups is 3. The molecule has 26 heavy (non-hydrogen) atoms. The summed E-state index contributed by atoms with van der Waals surface area (Å²) in [6, 6.07) is 0. The third-order valence-electron chi connectivity index (χ3n) is 2.50. The van der Waals surface area contributed by atoms with E-state index in [1.807, 2.05) is 0 Å². The van der Waals surface area contributed by atoms with E-state index in [0.29, 0.717) is 0 Å². The summed E-state index contributed by atoms with van der Waals surface area (Å²) < 4.78 is 15.9. The van der Waals surface area contributed by atoms with E-state index in [0.717, 1.165) is 10.0 Å². The summed E-state index contributed by atoms with van der Waals surface area (Å²) in [5.74, 6) is -0.662. The lowest BCUT2D eigenvalue weighted by molar-refractivity contribution is -0.160. The van der Waals surface area contributed by atoms with Crippen molar-refractivity contribution in [1.29, 1.82) is 0 Å². The fraction of sp³-hybridized carbons (Fsp3) is 0.833. The molecule has 0 rings (SSSR count). The number of rotatable bonds is 3. The number of esters is 1. The maximum Gasteiger partial charge on any atom is 0.430 e. The molecule has 8 heteroatoms. The van der Waals surface area contributed by atoms with Gasteiger partial charge in [0.2, 0.25) is 0 Å². The highest BCUT2D eigenvalue weighted by Gasteiger charge is 2.34. The lowest BCUT2D eigenvalue weighted by Gasteiger charge is -2.35. The molecule has 2 amide bonds. The first-order chi connectivity index (χ1) is 11.4. The molecule has 0 aliphatic heterocycles. The molecule has 0 heterocycles. The highest BCUT2D eigenvalue weighted by Crippen LogP contribution is 2.16. The minimum absolute atomic E-state index is 0.108. The number of hydrogen-bond donors (Lipinski definition) is 0. The predicted molar refractivity (Wildman–Crippen MR) is 97.4 cm³/mol. The Morgan fingerprint density at radius 2 is 1.00 bits per heavy atom. The molecule has 8 nitrogen and oxygen atoms in total. The van der Waals surface area contributed by atoms with E-state index >= 15 is 0 Å². The highest BCUT2D eigenvalue weighted by atomic mass is 16.6. The summed E-state index contributed by atoms with van der Waals surface area (Å²) in [5, 5.41) is 1.94. The van der Waals surface area contributed by atoms with Crippen molar-refractivity contribution in [3.63, 3.8) is 0 Å². The third-order valence-corrected chi connectivity index (χ3v) is 2.50. The lowest BCUT2D eigenvalue weighted by Crippen LogP contribution is -2.54. The van der Waals surface area contributed by atoms with Crippen LogP contribution < -0.4 is 0 Å². The van der Waals surface area contributed by atoms with Crippen molar-refractivity contribution in [3.8, 4) is 0 Å². The van der Waals surface area contributed by atoms with Gasteiger partial charge in [-0.15, -0.1) is 0 Å². The van der Waals surface area contributed by atoms with Crippen molar-refractivity contribution in [3.05, 3.63) is 0 Å². The molecular formula is C18H34N2O6. The summed E-state index contributed by atoms with van der Waals surface area (Å²) in [5.41, 5.74) is -2.27. The van der Waals surface area contributed by atoms with Crippen molar-refractivity contribution in [1.82, 2.24) is 10.0 Å². The zero-order chi connectivity index (χ0) is 20.9. The van der Waals surface area contributed by atoms with Crippen LogP contribution in [0.5, 0.6) is 0 Å². The fourth-order valence-electron chi connectivity index (χ4n) is 1.77. The minimum atomic E-state index is -0.837. The van der Waals surface area contributed by atoms with Gasteiger partial charge in [-0.25, -0.2) is 19.6 Å². The van der Waals surface area contributed by atoms with Gasteiger partial charge >= 0.3 is 18.2 Å². The summed E-state index contributed by atoms with van der Waals surface area (Å²) in [7, 11) is 0. The Balaban J connectivity index is 5.55. The Bertz CT molecular complexity index is 511. The largest absolute Gasteiger partial charge is 0.459 e. The average molecular weight is 374 g/mol. The molecule has 0 aliphatic rings. The number of nitrogens with zero attached hydrogens (tertiary/aromatic N) is 2. The van der Waals surface area contributed by atoms with Crippen LogP contribution in [0.15, 0.2) is 0 Å². The zero-order valence-corrected chi connectivity index (χ0v) is 17.8. The number of hydrazine groups is 1. The van der Waals surface area contributed by atoms with Crippen LogP contribution in [-0.2, 0) is 19.0 Å². The van der Waals surface area contributed by atoms with Crippen LogP contribution in [0.25, 0.3) is 0 Å². The van der Waals surface area contributed by atoms with Gasteiger partial charge in [0.05, 0.1) is 0 Å². The van der Waals surface area contributed by atoms with Crippen molar-refractivity contribution >= 4 is 18.2 Å². The first-order valence-electron chi connectivity index (χ1n) is 8.68. The molecule has 0 bridgehead atoms. The molecule has 0 N–H and O–H groups in total. The van der Waals surface area contributed by atoms with E-state index in [4.69, 9.17) is 14.2 Å². The number of ether oxygens (including phenoxy) is 3. The summed E-state index contributed by atoms with van der Waals surface area (Å²) >= 11 is 0. The quantitative estimate of drug-likeness (QED) is 0.425. The Labute approximate surface area is 156 Å². The number of amides is 2. The molecule has 0 aromatic carbocycles. The van der Waals surface area contributed by atoms with Crippen LogP contribution in [0.2, 0.25) is 0 Å². The Hall–Kier alpha value is -1.99. The fourth-order valence-corrected chi connectivity index (χ4v) is 1.77. The van der Waals surface area contributed by atoms with Crippen molar-refractivity contribution < 1.29 is 28.6 Å². The lowest BCUT2D eigenvalue weighted by atomic mass is 10.2. The van der Waals surface area contributed by atoms with Crippen LogP contribution >= 0.6 is 0 Å². The Morgan fingerprint density at radius 1 is 0.654 bits per heavy atom. The van der Waals surface area contributed by atoms with E-state index in [1.54, 1.807) is 69.2 Å². The van der Waals surface area contributed by atoms with Crippen LogP contribution in [0.3, 0.4) is 0 Å². The second-order valence-electron chi connectivity index (χ2n) is 8.82. The normalized spacial score (nSPS) is 12.2. The van der Waals surface area contributed by atoms with Gasteiger partial charge in [-0.1, -0.05) is 0 Å². The number of hydrogen-bond acceptors (Lipinski definition) is 6. The van der Waals surface area contributed by atoms with Crippen LogP contribution in [0.1, 0.15) is 69.2 Å². The Kier molecular flexibility index (Phi) is 7.94. The Morgan fingerprint density at radius 3 is 1.31 bits per heavy atom. The molecule has 0 aromatic rings. The van der Waals surface area contributed by atoms with Gasteiger partial charge in [0.15, 0.2) is 0 Å². The number of carbonyl (C=O) groups excluding carboxylic acids is 3. The molecule has 0 radical (unpaired) electrons. The molecule has 0 saturated heterocycles. The summed E-state index contributed by atoms with van der Waals surface area (Å²) in [6.07, 6.45) is -1.59. The van der Waals surface area contributed by atoms with Gasteiger partial charge in [0.25, 0.3) is 0 Å². The van der Waals surface area contributed by atoms with Crippen LogP contribution in [-0.4, -0.2) is 58.1 Å². The molecule has 0 fully saturated rings. The van der Waals surface area contributed by atoms with E-state index in [-0.39, 0.29) is 6.54 Å². The molecule has 0 saturated carbocycles. The van der Waals surface area contributed by atoms with Gasteiger partial charge in [0, 0.05) is 6.54 Å². The average Bonchev–Trinajstić information content (AvgIpc) is 2.31. The minimum Gasteiger partial charge on any atom is -0.459 e. The molecular weight excluding hydrogens is 340 g/mol. The van der Waals surface area contributed by atoms with Gasteiger partial charge < -0.3 is 14.2 Å². The van der Waals surface area contributed by atoms with Gasteiger partial charge in [-0.2, -0.15) is 0 Å². The van der Waals surface area contributed by atoms with E-state index in [9.17, 15) is 14.4 Å². The second kappa shape index (κ2) is 8.60. The van der Waals surface area contributed by atoms with E-state index in [2.05, 4.69) is 0 Å². The molecule has 0 aliphatic carbocycles. The predicted octanol–water partition coefficient (Wildman–Crippen LogP) is 3.74.